The molecule has 1 aliphatic heterocycles. The molecule has 0 atom stereocenters. The number of aliphatic hydroxyl groups excluding tert-OH is 1. The van der Waals surface area contributed by atoms with Crippen LogP contribution in [0.1, 0.15) is 44.4 Å². The van der Waals surface area contributed by atoms with Crippen LogP contribution >= 0.6 is 0 Å². The van der Waals surface area contributed by atoms with Crippen molar-refractivity contribution in [3.8, 4) is 0 Å². The van der Waals surface area contributed by atoms with Crippen LogP contribution in [0.5, 0.6) is 0 Å². The SMILES string of the molecule is Cc1c(N)ccc(C=C(CO)B2OC(C)(C)C(C)(C)O2)c1C. The number of hydrogen-bond acceptors (Lipinski definition) is 4. The predicted molar refractivity (Wildman–Crippen MR) is 91.5 cm³/mol. The van der Waals surface area contributed by atoms with Crippen molar-refractivity contribution in [2.24, 2.45) is 0 Å². The number of anilines is 1. The van der Waals surface area contributed by atoms with Gasteiger partial charge in [-0.3, -0.25) is 0 Å². The van der Waals surface area contributed by atoms with Crippen molar-refractivity contribution in [2.75, 3.05) is 12.3 Å². The minimum atomic E-state index is -0.535. The maximum atomic E-state index is 9.75. The number of aliphatic hydroxyl groups is 1. The summed E-state index contributed by atoms with van der Waals surface area (Å²) >= 11 is 0. The Bertz CT molecular complexity index is 592. The second-order valence-corrected chi connectivity index (χ2v) is 6.96. The van der Waals surface area contributed by atoms with E-state index in [1.54, 1.807) is 0 Å². The van der Waals surface area contributed by atoms with Gasteiger partial charge in [0, 0.05) is 5.69 Å². The molecular weight excluding hydrogens is 277 g/mol. The Hall–Kier alpha value is -1.30. The first-order valence-electron chi connectivity index (χ1n) is 7.61. The van der Waals surface area contributed by atoms with Crippen LogP contribution in [0.3, 0.4) is 0 Å². The van der Waals surface area contributed by atoms with Gasteiger partial charge in [-0.15, -0.1) is 0 Å². The van der Waals surface area contributed by atoms with Gasteiger partial charge in [0.15, 0.2) is 0 Å². The number of hydrogen-bond donors (Lipinski definition) is 2. The Morgan fingerprint density at radius 2 is 1.68 bits per heavy atom. The van der Waals surface area contributed by atoms with Gasteiger partial charge in [0.05, 0.1) is 17.8 Å². The highest BCUT2D eigenvalue weighted by molar-refractivity contribution is 6.55. The summed E-state index contributed by atoms with van der Waals surface area (Å²) < 4.78 is 12.0. The summed E-state index contributed by atoms with van der Waals surface area (Å²) in [5, 5.41) is 9.75. The number of rotatable bonds is 3. The predicted octanol–water partition coefficient (Wildman–Crippen LogP) is 2.89. The Balaban J connectivity index is 2.36. The lowest BCUT2D eigenvalue weighted by Gasteiger charge is -2.32. The van der Waals surface area contributed by atoms with E-state index < -0.39 is 18.3 Å². The Kier molecular flexibility index (Phi) is 4.44. The van der Waals surface area contributed by atoms with Crippen LogP contribution < -0.4 is 5.73 Å². The number of benzene rings is 1. The van der Waals surface area contributed by atoms with Crippen molar-refractivity contribution in [2.45, 2.75) is 52.7 Å². The molecule has 0 aromatic heterocycles. The van der Waals surface area contributed by atoms with E-state index in [9.17, 15) is 5.11 Å². The molecule has 1 aromatic carbocycles. The molecule has 5 heteroatoms. The molecule has 0 radical (unpaired) electrons. The third kappa shape index (κ3) is 2.93. The quantitative estimate of drug-likeness (QED) is 0.665. The summed E-state index contributed by atoms with van der Waals surface area (Å²) in [7, 11) is -0.535. The molecule has 0 bridgehead atoms. The van der Waals surface area contributed by atoms with Gasteiger partial charge in [-0.2, -0.15) is 0 Å². The highest BCUT2D eigenvalue weighted by atomic mass is 16.7. The third-order valence-corrected chi connectivity index (χ3v) is 4.95. The minimum absolute atomic E-state index is 0.111. The first-order valence-corrected chi connectivity index (χ1v) is 7.61. The highest BCUT2D eigenvalue weighted by Gasteiger charge is 2.52. The molecule has 3 N–H and O–H groups in total. The third-order valence-electron chi connectivity index (χ3n) is 4.95. The molecule has 1 heterocycles. The second-order valence-electron chi connectivity index (χ2n) is 6.96. The fraction of sp³-hybridized carbons (Fsp3) is 0.529. The zero-order valence-corrected chi connectivity index (χ0v) is 14.4. The number of nitrogens with two attached hydrogens (primary N) is 1. The van der Waals surface area contributed by atoms with Crippen molar-refractivity contribution >= 4 is 18.9 Å². The molecule has 1 aliphatic rings. The van der Waals surface area contributed by atoms with E-state index >= 15 is 0 Å². The van der Waals surface area contributed by atoms with Gasteiger partial charge < -0.3 is 20.1 Å². The lowest BCUT2D eigenvalue weighted by atomic mass is 9.77. The van der Waals surface area contributed by atoms with Gasteiger partial charge in [0.25, 0.3) is 0 Å². The van der Waals surface area contributed by atoms with Gasteiger partial charge in [0.2, 0.25) is 0 Å². The Morgan fingerprint density at radius 3 is 2.18 bits per heavy atom. The smallest absolute Gasteiger partial charge is 0.400 e. The van der Waals surface area contributed by atoms with E-state index in [-0.39, 0.29) is 6.61 Å². The molecule has 1 aromatic rings. The molecule has 1 saturated heterocycles. The van der Waals surface area contributed by atoms with Crippen molar-refractivity contribution in [1.29, 1.82) is 0 Å². The van der Waals surface area contributed by atoms with E-state index in [0.717, 1.165) is 22.4 Å². The van der Waals surface area contributed by atoms with Gasteiger partial charge in [-0.1, -0.05) is 12.1 Å². The Morgan fingerprint density at radius 1 is 1.14 bits per heavy atom. The van der Waals surface area contributed by atoms with E-state index in [4.69, 9.17) is 15.0 Å². The maximum absolute atomic E-state index is 9.75. The van der Waals surface area contributed by atoms with Gasteiger partial charge in [-0.25, -0.2) is 0 Å². The topological polar surface area (TPSA) is 64.7 Å². The van der Waals surface area contributed by atoms with Crippen LogP contribution in [-0.4, -0.2) is 30.0 Å². The minimum Gasteiger partial charge on any atom is -0.400 e. The average Bonchev–Trinajstić information content (AvgIpc) is 2.64. The van der Waals surface area contributed by atoms with E-state index in [0.29, 0.717) is 5.47 Å². The van der Waals surface area contributed by atoms with Crippen LogP contribution in [-0.2, 0) is 9.31 Å². The first-order chi connectivity index (χ1) is 10.1. The van der Waals surface area contributed by atoms with Crippen molar-refractivity contribution in [1.82, 2.24) is 0 Å². The zero-order chi connectivity index (χ0) is 16.7. The van der Waals surface area contributed by atoms with Crippen LogP contribution in [0, 0.1) is 13.8 Å². The molecule has 0 aliphatic carbocycles. The second kappa shape index (κ2) is 5.72. The fourth-order valence-corrected chi connectivity index (χ4v) is 2.40. The summed E-state index contributed by atoms with van der Waals surface area (Å²) in [6.45, 7) is 11.9. The van der Waals surface area contributed by atoms with E-state index in [2.05, 4.69) is 0 Å². The highest BCUT2D eigenvalue weighted by Crippen LogP contribution is 2.38. The molecule has 120 valence electrons. The molecule has 1 fully saturated rings. The summed E-state index contributed by atoms with van der Waals surface area (Å²) in [6.07, 6.45) is 1.93. The molecule has 4 nitrogen and oxygen atoms in total. The van der Waals surface area contributed by atoms with E-state index in [1.807, 2.05) is 59.8 Å². The van der Waals surface area contributed by atoms with Gasteiger partial charge >= 0.3 is 7.12 Å². The maximum Gasteiger partial charge on any atom is 0.492 e. The summed E-state index contributed by atoms with van der Waals surface area (Å²) in [5.41, 5.74) is 9.75. The van der Waals surface area contributed by atoms with Crippen molar-refractivity contribution in [3.63, 3.8) is 0 Å². The zero-order valence-electron chi connectivity index (χ0n) is 14.4. The molecule has 2 rings (SSSR count). The summed E-state index contributed by atoms with van der Waals surface area (Å²) in [6, 6.07) is 3.84. The monoisotopic (exact) mass is 303 g/mol. The molecule has 22 heavy (non-hydrogen) atoms. The van der Waals surface area contributed by atoms with Crippen LogP contribution in [0.15, 0.2) is 17.6 Å². The normalized spacial score (nSPS) is 20.5. The molecule has 0 amide bonds. The van der Waals surface area contributed by atoms with Crippen molar-refractivity contribution in [3.05, 3.63) is 34.3 Å². The molecule has 0 spiro atoms. The lowest BCUT2D eigenvalue weighted by molar-refractivity contribution is 0.00578. The molecule has 0 unspecified atom stereocenters. The average molecular weight is 303 g/mol. The van der Waals surface area contributed by atoms with Gasteiger partial charge in [0.1, 0.15) is 0 Å². The molecular formula is C17H26BNO3. The van der Waals surface area contributed by atoms with Crippen LogP contribution in [0.2, 0.25) is 0 Å². The standard InChI is InChI=1S/C17H26BNO3/c1-11-12(2)15(19)8-7-13(11)9-14(10-20)18-21-16(3,4)17(5,6)22-18/h7-9,20H,10,19H2,1-6H3. The summed E-state index contributed by atoms with van der Waals surface area (Å²) in [4.78, 5) is 0. The summed E-state index contributed by atoms with van der Waals surface area (Å²) in [5.74, 6) is 0. The van der Waals surface area contributed by atoms with Crippen molar-refractivity contribution < 1.29 is 14.4 Å². The lowest BCUT2D eigenvalue weighted by Crippen LogP contribution is -2.41. The largest absolute Gasteiger partial charge is 0.492 e. The van der Waals surface area contributed by atoms with Crippen LogP contribution in [0.4, 0.5) is 5.69 Å². The fourth-order valence-electron chi connectivity index (χ4n) is 2.40. The van der Waals surface area contributed by atoms with E-state index in [1.165, 1.54) is 0 Å². The van der Waals surface area contributed by atoms with Crippen LogP contribution in [0.25, 0.3) is 6.08 Å². The van der Waals surface area contributed by atoms with Gasteiger partial charge in [-0.05, 0) is 69.8 Å². The number of nitrogen functional groups attached to an aromatic ring is 1. The first kappa shape index (κ1) is 17.1. The Labute approximate surface area is 133 Å². The molecule has 0 saturated carbocycles.